The number of hydrogen-bond donors (Lipinski definition) is 1. The van der Waals surface area contributed by atoms with Crippen LogP contribution in [0.15, 0.2) is 108 Å². The van der Waals surface area contributed by atoms with Gasteiger partial charge in [0.05, 0.1) is 11.4 Å². The Morgan fingerprint density at radius 2 is 1.79 bits per heavy atom. The van der Waals surface area contributed by atoms with E-state index >= 15 is 0 Å². The van der Waals surface area contributed by atoms with Crippen molar-refractivity contribution >= 4 is 27.7 Å². The van der Waals surface area contributed by atoms with Crippen molar-refractivity contribution in [2.75, 3.05) is 4.90 Å². The number of carbonyl (C=O) groups is 1. The van der Waals surface area contributed by atoms with Crippen LogP contribution in [0.25, 0.3) is 6.08 Å². The van der Waals surface area contributed by atoms with Crippen molar-refractivity contribution in [2.45, 2.75) is 43.7 Å². The van der Waals surface area contributed by atoms with Crippen molar-refractivity contribution in [1.82, 2.24) is 9.71 Å². The molecule has 1 aromatic heterocycles. The molecule has 1 aliphatic rings. The number of aromatic nitrogens is 1. The van der Waals surface area contributed by atoms with Crippen LogP contribution in [0.1, 0.15) is 47.2 Å². The Balaban J connectivity index is 1.43. The van der Waals surface area contributed by atoms with Crippen LogP contribution in [0.2, 0.25) is 0 Å². The van der Waals surface area contributed by atoms with Gasteiger partial charge in [-0.2, -0.15) is 0 Å². The number of pyridine rings is 1. The molecule has 198 valence electrons. The van der Waals surface area contributed by atoms with E-state index in [2.05, 4.69) is 9.71 Å². The highest BCUT2D eigenvalue weighted by Gasteiger charge is 2.29. The maximum absolute atomic E-state index is 13.5. The molecule has 1 amide bonds. The van der Waals surface area contributed by atoms with Crippen LogP contribution in [0, 0.1) is 0 Å². The summed E-state index contributed by atoms with van der Waals surface area (Å²) in [5.74, 6) is -0.172. The van der Waals surface area contributed by atoms with Crippen LogP contribution in [-0.4, -0.2) is 19.3 Å². The third-order valence-electron chi connectivity index (χ3n) is 7.01. The van der Waals surface area contributed by atoms with Crippen molar-refractivity contribution in [3.63, 3.8) is 0 Å². The summed E-state index contributed by atoms with van der Waals surface area (Å²) < 4.78 is 29.3. The van der Waals surface area contributed by atoms with Gasteiger partial charge in [-0.05, 0) is 83.5 Å². The van der Waals surface area contributed by atoms with Crippen LogP contribution in [0.5, 0.6) is 0 Å². The third kappa shape index (κ3) is 6.33. The van der Waals surface area contributed by atoms with E-state index < -0.39 is 10.0 Å². The van der Waals surface area contributed by atoms with E-state index in [4.69, 9.17) is 0 Å². The molecule has 1 unspecified atom stereocenters. The number of fused-ring (bicyclic) bond motifs is 1. The number of nitrogens with zero attached hydrogens (tertiary/aromatic N) is 2. The van der Waals surface area contributed by atoms with Gasteiger partial charge in [0.25, 0.3) is 5.91 Å². The number of amides is 1. The fourth-order valence-electron chi connectivity index (χ4n) is 4.83. The van der Waals surface area contributed by atoms with Gasteiger partial charge in [-0.1, -0.05) is 61.5 Å². The van der Waals surface area contributed by atoms with Gasteiger partial charge in [0, 0.05) is 30.2 Å². The van der Waals surface area contributed by atoms with Gasteiger partial charge < -0.3 is 4.90 Å². The van der Waals surface area contributed by atoms with Gasteiger partial charge in [0.1, 0.15) is 0 Å². The van der Waals surface area contributed by atoms with Gasteiger partial charge in [-0.15, -0.1) is 0 Å². The first-order valence-electron chi connectivity index (χ1n) is 13.1. The predicted molar refractivity (Wildman–Crippen MR) is 155 cm³/mol. The average molecular weight is 538 g/mol. The molecule has 1 heterocycles. The first-order valence-corrected chi connectivity index (χ1v) is 14.6. The minimum atomic E-state index is -3.70. The number of carbonyl (C=O) groups excluding carboxylic acids is 1. The standard InChI is InChI=1S/C32H31N3O3S/c1-2-24-10-16-29(17-11-24)39(37,38)34-31-18-14-27-13-15-28(21-30(27)31)35(23-26-9-6-20-33-22-26)32(36)19-12-25-7-4-3-5-8-25/h3-13,15-17,19-22,31,34H,2,14,18,23H2,1H3. The van der Waals surface area contributed by atoms with Gasteiger partial charge in [-0.25, -0.2) is 13.1 Å². The predicted octanol–water partition coefficient (Wildman–Crippen LogP) is 5.86. The molecule has 0 bridgehead atoms. The molecule has 1 N–H and O–H groups in total. The SMILES string of the molecule is CCc1ccc(S(=O)(=O)NC2CCc3ccc(N(Cc4cccnc4)C(=O)C=Cc4ccccc4)cc32)cc1. The molecule has 5 rings (SSSR count). The lowest BCUT2D eigenvalue weighted by atomic mass is 10.1. The average Bonchev–Trinajstić information content (AvgIpc) is 3.37. The number of anilines is 1. The van der Waals surface area contributed by atoms with Gasteiger partial charge >= 0.3 is 0 Å². The number of nitrogens with one attached hydrogen (secondary N) is 1. The van der Waals surface area contributed by atoms with Crippen molar-refractivity contribution < 1.29 is 13.2 Å². The summed E-state index contributed by atoms with van der Waals surface area (Å²) in [4.78, 5) is 19.6. The molecule has 0 radical (unpaired) electrons. The van der Waals surface area contributed by atoms with Crippen molar-refractivity contribution in [3.8, 4) is 0 Å². The maximum atomic E-state index is 13.5. The summed E-state index contributed by atoms with van der Waals surface area (Å²) >= 11 is 0. The van der Waals surface area contributed by atoms with Crippen molar-refractivity contribution in [3.05, 3.63) is 131 Å². The molecule has 0 saturated heterocycles. The number of hydrogen-bond acceptors (Lipinski definition) is 4. The second-order valence-corrected chi connectivity index (χ2v) is 11.3. The van der Waals surface area contributed by atoms with E-state index in [1.807, 2.05) is 79.7 Å². The van der Waals surface area contributed by atoms with E-state index in [1.165, 1.54) is 0 Å². The Morgan fingerprint density at radius 1 is 1.00 bits per heavy atom. The minimum Gasteiger partial charge on any atom is -0.304 e. The Kier molecular flexibility index (Phi) is 8.00. The summed E-state index contributed by atoms with van der Waals surface area (Å²) in [5, 5.41) is 0. The molecule has 3 aromatic carbocycles. The lowest BCUT2D eigenvalue weighted by molar-refractivity contribution is -0.114. The third-order valence-corrected chi connectivity index (χ3v) is 8.49. The second-order valence-electron chi connectivity index (χ2n) is 9.62. The van der Waals surface area contributed by atoms with Gasteiger partial charge in [0.15, 0.2) is 0 Å². The molecule has 6 nitrogen and oxygen atoms in total. The Labute approximate surface area is 230 Å². The quantitative estimate of drug-likeness (QED) is 0.272. The fourth-order valence-corrected chi connectivity index (χ4v) is 6.08. The van der Waals surface area contributed by atoms with Crippen molar-refractivity contribution in [1.29, 1.82) is 0 Å². The first-order chi connectivity index (χ1) is 18.9. The van der Waals surface area contributed by atoms with Crippen LogP contribution in [0.3, 0.4) is 0 Å². The number of sulfonamides is 1. The summed E-state index contributed by atoms with van der Waals surface area (Å²) in [6.45, 7) is 2.37. The molecule has 4 aromatic rings. The lowest BCUT2D eigenvalue weighted by Crippen LogP contribution is -2.30. The fraction of sp³-hybridized carbons (Fsp3) is 0.188. The molecule has 39 heavy (non-hydrogen) atoms. The van der Waals surface area contributed by atoms with E-state index in [-0.39, 0.29) is 16.8 Å². The molecule has 0 saturated carbocycles. The number of rotatable bonds is 9. The zero-order valence-electron chi connectivity index (χ0n) is 21.8. The summed E-state index contributed by atoms with van der Waals surface area (Å²) in [5.41, 5.74) is 5.61. The highest BCUT2D eigenvalue weighted by molar-refractivity contribution is 7.89. The molecule has 0 fully saturated rings. The molecule has 0 spiro atoms. The largest absolute Gasteiger partial charge is 0.304 e. The Morgan fingerprint density at radius 3 is 2.51 bits per heavy atom. The van der Waals surface area contributed by atoms with E-state index in [0.29, 0.717) is 18.7 Å². The molecular formula is C32H31N3O3S. The smallest absolute Gasteiger partial charge is 0.251 e. The van der Waals surface area contributed by atoms with Crippen LogP contribution >= 0.6 is 0 Å². The molecule has 7 heteroatoms. The summed E-state index contributed by atoms with van der Waals surface area (Å²) in [7, 11) is -3.70. The van der Waals surface area contributed by atoms with Crippen molar-refractivity contribution in [2.24, 2.45) is 0 Å². The normalized spacial score (nSPS) is 14.8. The summed E-state index contributed by atoms with van der Waals surface area (Å²) in [6.07, 6.45) is 9.09. The maximum Gasteiger partial charge on any atom is 0.251 e. The zero-order chi connectivity index (χ0) is 27.2. The molecule has 0 aliphatic heterocycles. The van der Waals surface area contributed by atoms with Gasteiger partial charge in [0.2, 0.25) is 10.0 Å². The number of benzene rings is 3. The zero-order valence-corrected chi connectivity index (χ0v) is 22.6. The second kappa shape index (κ2) is 11.8. The number of aryl methyl sites for hydroxylation is 2. The highest BCUT2D eigenvalue weighted by atomic mass is 32.2. The van der Waals surface area contributed by atoms with Crippen LogP contribution in [0.4, 0.5) is 5.69 Å². The monoisotopic (exact) mass is 537 g/mol. The van der Waals surface area contributed by atoms with E-state index in [0.717, 1.165) is 40.7 Å². The van der Waals surface area contributed by atoms with Crippen LogP contribution < -0.4 is 9.62 Å². The Bertz CT molecular complexity index is 1570. The van der Waals surface area contributed by atoms with E-state index in [1.54, 1.807) is 41.6 Å². The topological polar surface area (TPSA) is 79.4 Å². The summed E-state index contributed by atoms with van der Waals surface area (Å²) in [6, 6.07) is 26.0. The van der Waals surface area contributed by atoms with E-state index in [9.17, 15) is 13.2 Å². The van der Waals surface area contributed by atoms with Crippen LogP contribution in [-0.2, 0) is 34.2 Å². The van der Waals surface area contributed by atoms with Gasteiger partial charge in [-0.3, -0.25) is 9.78 Å². The molecular weight excluding hydrogens is 506 g/mol. The molecule has 1 atom stereocenters. The highest BCUT2D eigenvalue weighted by Crippen LogP contribution is 2.35. The first kappa shape index (κ1) is 26.5. The minimum absolute atomic E-state index is 0.172. The Hall–Kier alpha value is -4.07. The lowest BCUT2D eigenvalue weighted by Gasteiger charge is -2.23. The molecule has 1 aliphatic carbocycles.